The van der Waals surface area contributed by atoms with Crippen molar-refractivity contribution in [3.63, 3.8) is 0 Å². The number of ether oxygens (including phenoxy) is 3. The van der Waals surface area contributed by atoms with Crippen LogP contribution < -0.4 is 19.7 Å². The molecular weight excluding hydrogens is 500 g/mol. The third-order valence-electron chi connectivity index (χ3n) is 7.02. The SMILES string of the molecule is COc1cc2nc(-c3ccc(N4CCN(C)CC4)cc3)nc(NCCN3CCOCC3)c2cc1OC.O=CO. The van der Waals surface area contributed by atoms with Crippen LogP contribution in [-0.4, -0.2) is 118 Å². The molecule has 0 saturated carbocycles. The van der Waals surface area contributed by atoms with Gasteiger partial charge in [-0.1, -0.05) is 0 Å². The third-order valence-corrected chi connectivity index (χ3v) is 7.02. The number of fused-ring (bicyclic) bond motifs is 1. The summed E-state index contributed by atoms with van der Waals surface area (Å²) < 4.78 is 16.6. The summed E-state index contributed by atoms with van der Waals surface area (Å²) in [6.45, 7) is 9.22. The fourth-order valence-electron chi connectivity index (χ4n) is 4.76. The molecule has 5 rings (SSSR count). The molecule has 39 heavy (non-hydrogen) atoms. The summed E-state index contributed by atoms with van der Waals surface area (Å²) >= 11 is 0. The molecule has 11 heteroatoms. The number of benzene rings is 2. The first-order chi connectivity index (χ1) is 19.1. The lowest BCUT2D eigenvalue weighted by Gasteiger charge is -2.34. The molecule has 0 unspecified atom stereocenters. The number of hydrogen-bond donors (Lipinski definition) is 2. The number of nitrogens with one attached hydrogen (secondary N) is 1. The maximum absolute atomic E-state index is 8.36. The van der Waals surface area contributed by atoms with E-state index in [4.69, 9.17) is 34.1 Å². The molecular formula is C28H38N6O5. The fraction of sp³-hybridized carbons (Fsp3) is 0.464. The highest BCUT2D eigenvalue weighted by atomic mass is 16.5. The van der Waals surface area contributed by atoms with Gasteiger partial charge < -0.3 is 34.4 Å². The summed E-state index contributed by atoms with van der Waals surface area (Å²) in [5.74, 6) is 2.80. The largest absolute Gasteiger partial charge is 0.493 e. The molecule has 0 radical (unpaired) electrons. The van der Waals surface area contributed by atoms with E-state index in [1.165, 1.54) is 5.69 Å². The maximum atomic E-state index is 8.36. The number of piperazine rings is 1. The molecule has 2 saturated heterocycles. The smallest absolute Gasteiger partial charge is 0.290 e. The Kier molecular flexibility index (Phi) is 10.1. The summed E-state index contributed by atoms with van der Waals surface area (Å²) in [5.41, 5.74) is 3.04. The molecule has 2 aliphatic heterocycles. The van der Waals surface area contributed by atoms with Crippen LogP contribution in [0.5, 0.6) is 11.5 Å². The minimum Gasteiger partial charge on any atom is -0.493 e. The van der Waals surface area contributed by atoms with Crippen LogP contribution in [0, 0.1) is 0 Å². The molecule has 0 atom stereocenters. The van der Waals surface area contributed by atoms with Crippen LogP contribution in [0.15, 0.2) is 36.4 Å². The van der Waals surface area contributed by atoms with Gasteiger partial charge in [0.1, 0.15) is 5.82 Å². The minimum absolute atomic E-state index is 0.250. The minimum atomic E-state index is -0.250. The van der Waals surface area contributed by atoms with Crippen LogP contribution in [0.3, 0.4) is 0 Å². The van der Waals surface area contributed by atoms with Gasteiger partial charge in [0, 0.05) is 75.1 Å². The van der Waals surface area contributed by atoms with Gasteiger partial charge in [-0.3, -0.25) is 9.69 Å². The Morgan fingerprint density at radius 1 is 0.974 bits per heavy atom. The number of anilines is 2. The first kappa shape index (κ1) is 28.3. The molecule has 3 heterocycles. The zero-order valence-electron chi connectivity index (χ0n) is 22.9. The maximum Gasteiger partial charge on any atom is 0.290 e. The van der Waals surface area contributed by atoms with E-state index in [1.807, 2.05) is 12.1 Å². The number of carboxylic acid groups (broad SMARTS) is 1. The lowest BCUT2D eigenvalue weighted by Crippen LogP contribution is -2.44. The molecule has 210 valence electrons. The van der Waals surface area contributed by atoms with Crippen LogP contribution >= 0.6 is 0 Å². The molecule has 0 bridgehead atoms. The molecule has 2 N–H and O–H groups in total. The number of morpholine rings is 1. The summed E-state index contributed by atoms with van der Waals surface area (Å²) in [5, 5.41) is 11.4. The first-order valence-corrected chi connectivity index (χ1v) is 13.2. The summed E-state index contributed by atoms with van der Waals surface area (Å²) in [7, 11) is 5.46. The van der Waals surface area contributed by atoms with Gasteiger partial charge in [-0.2, -0.15) is 0 Å². The Hall–Kier alpha value is -3.67. The van der Waals surface area contributed by atoms with Crippen molar-refractivity contribution in [1.82, 2.24) is 19.8 Å². The fourth-order valence-corrected chi connectivity index (χ4v) is 4.76. The van der Waals surface area contributed by atoms with Gasteiger partial charge in [0.25, 0.3) is 6.47 Å². The highest BCUT2D eigenvalue weighted by molar-refractivity contribution is 5.93. The Morgan fingerprint density at radius 2 is 1.62 bits per heavy atom. The van der Waals surface area contributed by atoms with E-state index in [1.54, 1.807) is 14.2 Å². The molecule has 2 fully saturated rings. The Bertz CT molecular complexity index is 1210. The molecule has 1 aromatic heterocycles. The summed E-state index contributed by atoms with van der Waals surface area (Å²) in [6.07, 6.45) is 0. The predicted octanol–water partition coefficient (Wildman–Crippen LogP) is 2.51. The highest BCUT2D eigenvalue weighted by Crippen LogP contribution is 2.35. The van der Waals surface area contributed by atoms with Crippen molar-refractivity contribution >= 4 is 28.9 Å². The van der Waals surface area contributed by atoms with Gasteiger partial charge in [-0.05, 0) is 37.4 Å². The Morgan fingerprint density at radius 3 is 2.26 bits per heavy atom. The number of methoxy groups -OCH3 is 2. The zero-order chi connectivity index (χ0) is 27.6. The van der Waals surface area contributed by atoms with E-state index in [-0.39, 0.29) is 6.47 Å². The Balaban J connectivity index is 0.00000112. The van der Waals surface area contributed by atoms with Gasteiger partial charge in [-0.15, -0.1) is 0 Å². The lowest BCUT2D eigenvalue weighted by atomic mass is 10.1. The van der Waals surface area contributed by atoms with Crippen molar-refractivity contribution in [2.24, 2.45) is 0 Å². The van der Waals surface area contributed by atoms with E-state index in [2.05, 4.69) is 51.3 Å². The first-order valence-electron chi connectivity index (χ1n) is 13.2. The van der Waals surface area contributed by atoms with Crippen LogP contribution in [0.4, 0.5) is 11.5 Å². The second-order valence-corrected chi connectivity index (χ2v) is 9.44. The van der Waals surface area contributed by atoms with E-state index in [9.17, 15) is 0 Å². The van der Waals surface area contributed by atoms with Crippen molar-refractivity contribution in [3.8, 4) is 22.9 Å². The number of likely N-dealkylation sites (N-methyl/N-ethyl adjacent to an activating group) is 1. The molecule has 11 nitrogen and oxygen atoms in total. The van der Waals surface area contributed by atoms with Crippen LogP contribution in [-0.2, 0) is 9.53 Å². The van der Waals surface area contributed by atoms with Crippen LogP contribution in [0.2, 0.25) is 0 Å². The van der Waals surface area contributed by atoms with Crippen molar-refractivity contribution < 1.29 is 24.1 Å². The normalized spacial score (nSPS) is 16.3. The van der Waals surface area contributed by atoms with Gasteiger partial charge >= 0.3 is 0 Å². The molecule has 2 aromatic carbocycles. The van der Waals surface area contributed by atoms with E-state index in [0.29, 0.717) is 17.3 Å². The standard InChI is InChI=1S/C27H36N6O3.CH2O2/c1-31-10-12-33(13-11-31)21-6-4-20(5-7-21)26-29-23-19-25(35-3)24(34-2)18-22(23)27(30-26)28-8-9-32-14-16-36-17-15-32;2-1-3/h4-7,18-19H,8-17H2,1-3H3,(H,28,29,30);1H,(H,2,3). The highest BCUT2D eigenvalue weighted by Gasteiger charge is 2.17. The van der Waals surface area contributed by atoms with Gasteiger partial charge in [-0.25, -0.2) is 9.97 Å². The Labute approximate surface area is 229 Å². The third kappa shape index (κ3) is 7.25. The zero-order valence-corrected chi connectivity index (χ0v) is 22.9. The van der Waals surface area contributed by atoms with Gasteiger partial charge in [0.05, 0.1) is 33.0 Å². The number of nitrogens with zero attached hydrogens (tertiary/aromatic N) is 5. The average molecular weight is 539 g/mol. The van der Waals surface area contributed by atoms with E-state index in [0.717, 1.165) is 87.9 Å². The van der Waals surface area contributed by atoms with Gasteiger partial charge in [0.15, 0.2) is 17.3 Å². The lowest BCUT2D eigenvalue weighted by molar-refractivity contribution is -0.122. The molecule has 0 spiro atoms. The number of carbonyl (C=O) groups is 1. The van der Waals surface area contributed by atoms with Crippen LogP contribution in [0.25, 0.3) is 22.3 Å². The van der Waals surface area contributed by atoms with Crippen molar-refractivity contribution in [2.45, 2.75) is 0 Å². The number of rotatable bonds is 8. The monoisotopic (exact) mass is 538 g/mol. The molecule has 2 aliphatic rings. The summed E-state index contributed by atoms with van der Waals surface area (Å²) in [6, 6.07) is 12.5. The molecule has 3 aromatic rings. The topological polar surface area (TPSA) is 113 Å². The predicted molar refractivity (Wildman–Crippen MR) is 152 cm³/mol. The number of aromatic nitrogens is 2. The van der Waals surface area contributed by atoms with Crippen molar-refractivity contribution in [1.29, 1.82) is 0 Å². The average Bonchev–Trinajstić information content (AvgIpc) is 2.98. The second-order valence-electron chi connectivity index (χ2n) is 9.44. The van der Waals surface area contributed by atoms with Crippen molar-refractivity contribution in [3.05, 3.63) is 36.4 Å². The van der Waals surface area contributed by atoms with Crippen LogP contribution in [0.1, 0.15) is 0 Å². The molecule has 0 aliphatic carbocycles. The summed E-state index contributed by atoms with van der Waals surface area (Å²) in [4.78, 5) is 25.4. The quantitative estimate of drug-likeness (QED) is 0.413. The van der Waals surface area contributed by atoms with E-state index >= 15 is 0 Å². The second kappa shape index (κ2) is 13.9. The van der Waals surface area contributed by atoms with E-state index < -0.39 is 0 Å². The van der Waals surface area contributed by atoms with Gasteiger partial charge in [0.2, 0.25) is 0 Å². The number of hydrogen-bond acceptors (Lipinski definition) is 10. The van der Waals surface area contributed by atoms with Crippen molar-refractivity contribution in [2.75, 3.05) is 97.1 Å². The molecule has 0 amide bonds.